The van der Waals surface area contributed by atoms with Crippen LogP contribution in [-0.4, -0.2) is 6.21 Å². The topological polar surface area (TPSA) is 12.4 Å². The quantitative estimate of drug-likeness (QED) is 0.261. The Morgan fingerprint density at radius 2 is 1.65 bits per heavy atom. The van der Waals surface area contributed by atoms with Crippen LogP contribution in [0.15, 0.2) is 20.3 Å². The van der Waals surface area contributed by atoms with Gasteiger partial charge in [-0.1, -0.05) is 65.2 Å². The molecule has 0 N–H and O–H groups in total. The van der Waals surface area contributed by atoms with Crippen LogP contribution in [0.5, 0.6) is 0 Å². The Morgan fingerprint density at radius 3 is 2.17 bits per heavy atom. The van der Waals surface area contributed by atoms with Gasteiger partial charge >= 0.3 is 0 Å². The normalized spacial score (nSPS) is 19.5. The van der Waals surface area contributed by atoms with E-state index in [1.807, 2.05) is 11.3 Å². The Labute approximate surface area is 159 Å². The average Bonchev–Trinajstić information content (AvgIpc) is 3.15. The molecule has 0 radical (unpaired) electrons. The third kappa shape index (κ3) is 5.61. The number of thiophene rings is 1. The summed E-state index contributed by atoms with van der Waals surface area (Å²) in [5.41, 5.74) is 0.288. The molecule has 2 rings (SSSR count). The third-order valence-corrected chi connectivity index (χ3v) is 7.84. The lowest BCUT2D eigenvalue weighted by atomic mass is 9.75. The number of unbranched alkanes of at least 4 members (excludes halogenated alkanes) is 6. The van der Waals surface area contributed by atoms with Gasteiger partial charge in [-0.3, -0.25) is 0 Å². The second-order valence-corrected chi connectivity index (χ2v) is 10.1. The van der Waals surface area contributed by atoms with Gasteiger partial charge < -0.3 is 0 Å². The Balaban J connectivity index is 2.05. The smallest absolute Gasteiger partial charge is 0.0716 e. The SMILES string of the molecule is CCCCCCC1(CCCCCC)C=NSC1c1ccc(Br)s1. The van der Waals surface area contributed by atoms with Crippen molar-refractivity contribution in [2.24, 2.45) is 9.81 Å². The molecule has 1 aromatic rings. The van der Waals surface area contributed by atoms with Crippen LogP contribution in [0, 0.1) is 5.41 Å². The maximum atomic E-state index is 4.68. The van der Waals surface area contributed by atoms with Crippen molar-refractivity contribution < 1.29 is 0 Å². The first kappa shape index (κ1) is 19.5. The summed E-state index contributed by atoms with van der Waals surface area (Å²) in [5.74, 6) is 0. The van der Waals surface area contributed by atoms with Crippen LogP contribution in [0.1, 0.15) is 88.2 Å². The second-order valence-electron chi connectivity index (χ2n) is 6.72. The molecule has 130 valence electrons. The van der Waals surface area contributed by atoms with Gasteiger partial charge in [-0.05, 0) is 52.9 Å². The standard InChI is InChI=1S/C19H30BrNS2/c1-3-5-7-9-13-19(14-10-8-6-4-2)15-21-23-18(19)16-11-12-17(20)22-16/h11-12,15,18H,3-10,13-14H2,1-2H3. The summed E-state index contributed by atoms with van der Waals surface area (Å²) in [4.78, 5) is 1.49. The number of hydrogen-bond acceptors (Lipinski definition) is 3. The van der Waals surface area contributed by atoms with Gasteiger partial charge in [0.2, 0.25) is 0 Å². The van der Waals surface area contributed by atoms with Gasteiger partial charge in [0.25, 0.3) is 0 Å². The Morgan fingerprint density at radius 1 is 1.00 bits per heavy atom. The molecule has 2 heterocycles. The molecular weight excluding hydrogens is 386 g/mol. The molecule has 1 unspecified atom stereocenters. The fourth-order valence-electron chi connectivity index (χ4n) is 3.45. The van der Waals surface area contributed by atoms with Gasteiger partial charge in [0, 0.05) is 16.5 Å². The molecule has 0 fully saturated rings. The molecule has 0 amide bonds. The van der Waals surface area contributed by atoms with E-state index in [-0.39, 0.29) is 5.41 Å². The summed E-state index contributed by atoms with van der Waals surface area (Å²) in [6.07, 6.45) is 15.7. The van der Waals surface area contributed by atoms with Crippen molar-refractivity contribution in [1.29, 1.82) is 0 Å². The predicted molar refractivity (Wildman–Crippen MR) is 111 cm³/mol. The lowest BCUT2D eigenvalue weighted by Crippen LogP contribution is -2.26. The van der Waals surface area contributed by atoms with Crippen LogP contribution in [0.4, 0.5) is 0 Å². The molecular formula is C19H30BrNS2. The lowest BCUT2D eigenvalue weighted by molar-refractivity contribution is 0.331. The molecule has 0 bridgehead atoms. The molecule has 0 saturated carbocycles. The van der Waals surface area contributed by atoms with Crippen molar-refractivity contribution in [3.63, 3.8) is 0 Å². The van der Waals surface area contributed by atoms with Crippen LogP contribution in [0.2, 0.25) is 0 Å². The van der Waals surface area contributed by atoms with Crippen molar-refractivity contribution >= 4 is 45.4 Å². The number of nitrogens with zero attached hydrogens (tertiary/aromatic N) is 1. The minimum absolute atomic E-state index is 0.288. The third-order valence-electron chi connectivity index (χ3n) is 4.84. The zero-order valence-corrected chi connectivity index (χ0v) is 17.7. The monoisotopic (exact) mass is 415 g/mol. The first-order chi connectivity index (χ1) is 11.2. The highest BCUT2D eigenvalue weighted by Crippen LogP contribution is 2.55. The molecule has 23 heavy (non-hydrogen) atoms. The van der Waals surface area contributed by atoms with Gasteiger partial charge in [0.1, 0.15) is 0 Å². The molecule has 0 aliphatic carbocycles. The van der Waals surface area contributed by atoms with Crippen molar-refractivity contribution in [3.8, 4) is 0 Å². The highest BCUT2D eigenvalue weighted by Gasteiger charge is 2.42. The Bertz CT molecular complexity index is 471. The zero-order chi connectivity index (χ0) is 16.5. The first-order valence-corrected chi connectivity index (χ1v) is 11.6. The minimum Gasteiger partial charge on any atom is -0.228 e. The molecule has 1 nitrogen and oxygen atoms in total. The Kier molecular flexibility index (Phi) is 8.70. The number of rotatable bonds is 11. The van der Waals surface area contributed by atoms with Crippen molar-refractivity contribution in [2.45, 2.75) is 83.3 Å². The maximum Gasteiger partial charge on any atom is 0.0716 e. The Hall–Kier alpha value is 0.200. The van der Waals surface area contributed by atoms with Crippen LogP contribution < -0.4 is 0 Å². The number of hydrogen-bond donors (Lipinski definition) is 0. The molecule has 0 aromatic carbocycles. The summed E-state index contributed by atoms with van der Waals surface area (Å²) in [5, 5.41) is 0.530. The van der Waals surface area contributed by atoms with Crippen molar-refractivity contribution in [3.05, 3.63) is 20.8 Å². The molecule has 1 aliphatic rings. The van der Waals surface area contributed by atoms with E-state index in [1.54, 1.807) is 11.9 Å². The molecule has 1 aliphatic heterocycles. The molecule has 1 aromatic heterocycles. The van der Waals surface area contributed by atoms with E-state index in [9.17, 15) is 0 Å². The summed E-state index contributed by atoms with van der Waals surface area (Å²) in [6.45, 7) is 4.58. The van der Waals surface area contributed by atoms with E-state index < -0.39 is 0 Å². The van der Waals surface area contributed by atoms with Crippen LogP contribution >= 0.6 is 39.2 Å². The molecule has 1 atom stereocenters. The fraction of sp³-hybridized carbons (Fsp3) is 0.737. The van der Waals surface area contributed by atoms with E-state index >= 15 is 0 Å². The van der Waals surface area contributed by atoms with E-state index in [1.165, 1.54) is 72.9 Å². The summed E-state index contributed by atoms with van der Waals surface area (Å²) >= 11 is 7.32. The molecule has 0 spiro atoms. The number of halogens is 1. The highest BCUT2D eigenvalue weighted by molar-refractivity contribution is 9.11. The van der Waals surface area contributed by atoms with E-state index in [2.05, 4.69) is 52.5 Å². The van der Waals surface area contributed by atoms with Crippen molar-refractivity contribution in [2.75, 3.05) is 0 Å². The summed E-state index contributed by atoms with van der Waals surface area (Å²) in [6, 6.07) is 4.49. The zero-order valence-electron chi connectivity index (χ0n) is 14.5. The van der Waals surface area contributed by atoms with Crippen LogP contribution in [-0.2, 0) is 0 Å². The first-order valence-electron chi connectivity index (χ1n) is 9.17. The minimum atomic E-state index is 0.288. The van der Waals surface area contributed by atoms with Crippen LogP contribution in [0.3, 0.4) is 0 Å². The van der Waals surface area contributed by atoms with E-state index in [4.69, 9.17) is 0 Å². The van der Waals surface area contributed by atoms with E-state index in [0.717, 1.165) is 0 Å². The van der Waals surface area contributed by atoms with E-state index in [0.29, 0.717) is 5.25 Å². The highest BCUT2D eigenvalue weighted by atomic mass is 79.9. The molecule has 4 heteroatoms. The predicted octanol–water partition coefficient (Wildman–Crippen LogP) is 8.21. The van der Waals surface area contributed by atoms with Gasteiger partial charge in [0.15, 0.2) is 0 Å². The van der Waals surface area contributed by atoms with Gasteiger partial charge in [-0.15, -0.1) is 11.3 Å². The maximum absolute atomic E-state index is 4.68. The van der Waals surface area contributed by atoms with Gasteiger partial charge in [-0.25, -0.2) is 4.40 Å². The summed E-state index contributed by atoms with van der Waals surface area (Å²) < 4.78 is 5.93. The fourth-order valence-corrected chi connectivity index (χ4v) is 6.34. The average molecular weight is 416 g/mol. The lowest BCUT2D eigenvalue weighted by Gasteiger charge is -2.32. The molecule has 0 saturated heterocycles. The largest absolute Gasteiger partial charge is 0.228 e. The summed E-state index contributed by atoms with van der Waals surface area (Å²) in [7, 11) is 0. The van der Waals surface area contributed by atoms with Crippen molar-refractivity contribution in [1.82, 2.24) is 0 Å². The van der Waals surface area contributed by atoms with Gasteiger partial charge in [0.05, 0.1) is 9.04 Å². The second kappa shape index (κ2) is 10.2. The van der Waals surface area contributed by atoms with Crippen LogP contribution in [0.25, 0.3) is 0 Å². The van der Waals surface area contributed by atoms with Gasteiger partial charge in [-0.2, -0.15) is 0 Å².